The zero-order chi connectivity index (χ0) is 6.62. The molecule has 52 valence electrons. The fourth-order valence-corrected chi connectivity index (χ4v) is 0.627. The Morgan fingerprint density at radius 1 is 1.62 bits per heavy atom. The molecule has 0 amide bonds. The van der Waals surface area contributed by atoms with Crippen molar-refractivity contribution >= 4 is 7.94 Å². The van der Waals surface area contributed by atoms with Crippen LogP contribution in [0.5, 0.6) is 0 Å². The molecule has 0 heterocycles. The summed E-state index contributed by atoms with van der Waals surface area (Å²) in [6, 6.07) is 0. The van der Waals surface area contributed by atoms with Crippen molar-refractivity contribution in [2.75, 3.05) is 13.2 Å². The fraction of sp³-hybridized carbons (Fsp3) is 1.00. The van der Waals surface area contributed by atoms with Crippen LogP contribution in [-0.2, 0) is 4.62 Å². The van der Waals surface area contributed by atoms with E-state index in [1.165, 1.54) is 6.66 Å². The number of hydrogen-bond donors (Lipinski definition) is 3. The first-order valence-electron chi connectivity index (χ1n) is 2.42. The second-order valence-corrected chi connectivity index (χ2v) is 3.61. The van der Waals surface area contributed by atoms with Crippen LogP contribution in [0, 0.1) is 0 Å². The molecule has 0 bridgehead atoms. The summed E-state index contributed by atoms with van der Waals surface area (Å²) in [5.41, 5.74) is 2.35. The van der Waals surface area contributed by atoms with Crippen molar-refractivity contribution in [1.29, 1.82) is 0 Å². The molecule has 5 heteroatoms. The molecule has 0 spiro atoms. The van der Waals surface area contributed by atoms with Crippen LogP contribution in [0.4, 0.5) is 0 Å². The third-order valence-corrected chi connectivity index (χ3v) is 0.941. The Morgan fingerprint density at radius 3 is 2.25 bits per heavy atom. The molecule has 0 aromatic rings. The molecular formula is C3H12NO3P. The van der Waals surface area contributed by atoms with Gasteiger partial charge in [0.25, 0.3) is 0 Å². The van der Waals surface area contributed by atoms with Crippen LogP contribution < -0.4 is 5.48 Å². The molecule has 0 aliphatic carbocycles. The van der Waals surface area contributed by atoms with E-state index in [0.29, 0.717) is 6.54 Å². The van der Waals surface area contributed by atoms with Gasteiger partial charge in [0.05, 0.1) is 0 Å². The van der Waals surface area contributed by atoms with Crippen molar-refractivity contribution in [3.63, 3.8) is 0 Å². The summed E-state index contributed by atoms with van der Waals surface area (Å²) in [4.78, 5) is 17.1. The van der Waals surface area contributed by atoms with Crippen molar-refractivity contribution in [3.05, 3.63) is 0 Å². The molecule has 0 rings (SSSR count). The Morgan fingerprint density at radius 2 is 2.12 bits per heavy atom. The van der Waals surface area contributed by atoms with Crippen molar-refractivity contribution in [2.45, 2.75) is 6.92 Å². The van der Waals surface area contributed by atoms with E-state index in [9.17, 15) is 0 Å². The zero-order valence-corrected chi connectivity index (χ0v) is 6.01. The summed E-state index contributed by atoms with van der Waals surface area (Å²) >= 11 is 0. The Balaban J connectivity index is 3.11. The first kappa shape index (κ1) is 8.27. The Hall–Kier alpha value is 0.270. The minimum absolute atomic E-state index is 0.573. The first-order valence-corrected chi connectivity index (χ1v) is 4.72. The van der Waals surface area contributed by atoms with Crippen LogP contribution in [-0.4, -0.2) is 23.0 Å². The Bertz CT molecular complexity index is 62.0. The van der Waals surface area contributed by atoms with Crippen LogP contribution in [0.1, 0.15) is 6.92 Å². The number of nitrogens with one attached hydrogen (secondary N) is 1. The van der Waals surface area contributed by atoms with Gasteiger partial charge in [0, 0.05) is 0 Å². The minimum atomic E-state index is -3.29. The maximum atomic E-state index is 8.56. The molecule has 8 heavy (non-hydrogen) atoms. The zero-order valence-electron chi connectivity index (χ0n) is 5.01. The third kappa shape index (κ3) is 6.27. The van der Waals surface area contributed by atoms with Crippen LogP contribution in [0.3, 0.4) is 0 Å². The van der Waals surface area contributed by atoms with Gasteiger partial charge in [-0.1, -0.05) is 0 Å². The van der Waals surface area contributed by atoms with Crippen LogP contribution in [0.25, 0.3) is 0 Å². The molecule has 0 aromatic carbocycles. The fourth-order valence-electron chi connectivity index (χ4n) is 0.209. The van der Waals surface area contributed by atoms with E-state index in [4.69, 9.17) is 9.79 Å². The summed E-state index contributed by atoms with van der Waals surface area (Å²) in [6.45, 7) is 3.64. The molecule has 4 nitrogen and oxygen atoms in total. The molecular weight excluding hydrogens is 129 g/mol. The topological polar surface area (TPSA) is 61.7 Å². The van der Waals surface area contributed by atoms with Crippen molar-refractivity contribution < 1.29 is 14.4 Å². The van der Waals surface area contributed by atoms with E-state index >= 15 is 0 Å². The predicted molar refractivity (Wildman–Crippen MR) is 33.4 cm³/mol. The van der Waals surface area contributed by atoms with Crippen molar-refractivity contribution in [1.82, 2.24) is 5.48 Å². The molecule has 0 radical (unpaired) electrons. The van der Waals surface area contributed by atoms with Crippen molar-refractivity contribution in [2.24, 2.45) is 0 Å². The van der Waals surface area contributed by atoms with Gasteiger partial charge < -0.3 is 0 Å². The molecule has 0 saturated carbocycles. The van der Waals surface area contributed by atoms with Gasteiger partial charge in [-0.3, -0.25) is 0 Å². The van der Waals surface area contributed by atoms with E-state index in [0.717, 1.165) is 0 Å². The summed E-state index contributed by atoms with van der Waals surface area (Å²) in [7, 11) is -3.29. The molecule has 0 aromatic heterocycles. The average molecular weight is 141 g/mol. The second kappa shape index (κ2) is 3.33. The van der Waals surface area contributed by atoms with Gasteiger partial charge in [-0.2, -0.15) is 0 Å². The van der Waals surface area contributed by atoms with E-state index in [2.05, 4.69) is 10.1 Å². The molecule has 0 unspecified atom stereocenters. The molecule has 0 aliphatic heterocycles. The van der Waals surface area contributed by atoms with Crippen LogP contribution in [0.15, 0.2) is 0 Å². The van der Waals surface area contributed by atoms with Crippen LogP contribution >= 0.6 is 7.94 Å². The molecule has 0 fully saturated rings. The van der Waals surface area contributed by atoms with E-state index in [1.54, 1.807) is 6.92 Å². The van der Waals surface area contributed by atoms with Gasteiger partial charge in [0.2, 0.25) is 0 Å². The average Bonchev–Trinajstić information content (AvgIpc) is 1.59. The van der Waals surface area contributed by atoms with Crippen molar-refractivity contribution in [3.8, 4) is 0 Å². The predicted octanol–water partition coefficient (Wildman–Crippen LogP) is -0.363. The van der Waals surface area contributed by atoms with Gasteiger partial charge in [-0.25, -0.2) is 0 Å². The van der Waals surface area contributed by atoms with Gasteiger partial charge in [0.15, 0.2) is 0 Å². The standard InChI is InChI=1S/C3H12NO3P/c1-3-4-7-8(2,5)6/h4-6,8H,3H2,1-2H3. The maximum absolute atomic E-state index is 8.56. The quantitative estimate of drug-likeness (QED) is 0.371. The summed E-state index contributed by atoms with van der Waals surface area (Å²) in [5, 5.41) is 0. The summed E-state index contributed by atoms with van der Waals surface area (Å²) < 4.78 is 4.38. The van der Waals surface area contributed by atoms with Gasteiger partial charge in [-0.15, -0.1) is 0 Å². The van der Waals surface area contributed by atoms with E-state index in [1.807, 2.05) is 0 Å². The number of hydrogen-bond acceptors (Lipinski definition) is 4. The van der Waals surface area contributed by atoms with Crippen LogP contribution in [0.2, 0.25) is 0 Å². The second-order valence-electron chi connectivity index (χ2n) is 1.53. The molecule has 0 saturated heterocycles. The molecule has 0 atom stereocenters. The Labute approximate surface area is 49.0 Å². The summed E-state index contributed by atoms with van der Waals surface area (Å²) in [6.07, 6.45) is 0. The van der Waals surface area contributed by atoms with E-state index in [-0.39, 0.29) is 0 Å². The van der Waals surface area contributed by atoms with Gasteiger partial charge >= 0.3 is 48.0 Å². The normalized spacial score (nSPS) is 14.0. The van der Waals surface area contributed by atoms with Gasteiger partial charge in [0.1, 0.15) is 0 Å². The monoisotopic (exact) mass is 141 g/mol. The summed E-state index contributed by atoms with van der Waals surface area (Å²) in [5.74, 6) is 0. The molecule has 3 N–H and O–H groups in total. The third-order valence-electron chi connectivity index (χ3n) is 0.410. The Kier molecular flexibility index (Phi) is 3.44. The number of hydroxylamine groups is 1. The molecule has 0 aliphatic rings. The number of rotatable bonds is 3. The SMILES string of the molecule is CCNO[PH](C)(O)O. The first-order chi connectivity index (χ1) is 3.56. The van der Waals surface area contributed by atoms with E-state index < -0.39 is 7.94 Å². The van der Waals surface area contributed by atoms with Gasteiger partial charge in [-0.05, 0) is 0 Å².